The summed E-state index contributed by atoms with van der Waals surface area (Å²) >= 11 is 4.65. The molecule has 0 atom stereocenters. The summed E-state index contributed by atoms with van der Waals surface area (Å²) in [5, 5.41) is 11.3. The van der Waals surface area contributed by atoms with Gasteiger partial charge in [0.2, 0.25) is 0 Å². The van der Waals surface area contributed by atoms with Gasteiger partial charge in [-0.2, -0.15) is 0 Å². The van der Waals surface area contributed by atoms with Crippen molar-refractivity contribution >= 4 is 50.9 Å². The molecule has 2 aromatic rings. The number of halogens is 1. The largest absolute Gasteiger partial charge is 0.478 e. The Morgan fingerprint density at radius 2 is 2.05 bits per heavy atom. The fourth-order valence-corrected chi connectivity index (χ4v) is 2.80. The quantitative estimate of drug-likeness (QED) is 0.821. The van der Waals surface area contributed by atoms with Gasteiger partial charge in [-0.15, -0.1) is 11.3 Å². The Labute approximate surface area is 127 Å². The third-order valence-corrected chi connectivity index (χ3v) is 3.98. The predicted molar refractivity (Wildman–Crippen MR) is 83.1 cm³/mol. The van der Waals surface area contributed by atoms with E-state index in [0.717, 1.165) is 9.86 Å². The van der Waals surface area contributed by atoms with Crippen LogP contribution in [-0.4, -0.2) is 17.0 Å². The SMILES string of the molecule is O=C(O)/C=C/c1cccc(NC(=O)c2ccc(Br)s2)c1. The molecule has 20 heavy (non-hydrogen) atoms. The lowest BCUT2D eigenvalue weighted by Gasteiger charge is -2.04. The first-order valence-electron chi connectivity index (χ1n) is 5.62. The van der Waals surface area contributed by atoms with Crippen molar-refractivity contribution in [3.8, 4) is 0 Å². The number of carboxylic acid groups (broad SMARTS) is 1. The summed E-state index contributed by atoms with van der Waals surface area (Å²) in [6.45, 7) is 0. The van der Waals surface area contributed by atoms with Crippen LogP contribution < -0.4 is 5.32 Å². The second kappa shape index (κ2) is 6.49. The Bertz CT molecular complexity index is 679. The molecule has 4 nitrogen and oxygen atoms in total. The van der Waals surface area contributed by atoms with Gasteiger partial charge < -0.3 is 10.4 Å². The van der Waals surface area contributed by atoms with Gasteiger partial charge in [-0.1, -0.05) is 12.1 Å². The van der Waals surface area contributed by atoms with Gasteiger partial charge in [0.1, 0.15) is 0 Å². The van der Waals surface area contributed by atoms with Gasteiger partial charge in [-0.05, 0) is 51.8 Å². The Kier molecular flexibility index (Phi) is 4.70. The minimum Gasteiger partial charge on any atom is -0.478 e. The maximum atomic E-state index is 12.0. The number of carboxylic acids is 1. The van der Waals surface area contributed by atoms with Gasteiger partial charge in [-0.3, -0.25) is 4.79 Å². The van der Waals surface area contributed by atoms with E-state index in [9.17, 15) is 9.59 Å². The van der Waals surface area contributed by atoms with E-state index in [0.29, 0.717) is 16.1 Å². The fourth-order valence-electron chi connectivity index (χ4n) is 1.52. The van der Waals surface area contributed by atoms with Crippen molar-refractivity contribution in [1.82, 2.24) is 0 Å². The Morgan fingerprint density at radius 3 is 2.70 bits per heavy atom. The van der Waals surface area contributed by atoms with Crippen LogP contribution in [0.25, 0.3) is 6.08 Å². The second-order valence-corrected chi connectivity index (χ2v) is 6.32. The smallest absolute Gasteiger partial charge is 0.328 e. The van der Waals surface area contributed by atoms with Crippen molar-refractivity contribution in [3.05, 3.63) is 56.7 Å². The average Bonchev–Trinajstić information content (AvgIpc) is 2.84. The third-order valence-electron chi connectivity index (χ3n) is 2.36. The number of amides is 1. The zero-order valence-corrected chi connectivity index (χ0v) is 12.6. The van der Waals surface area contributed by atoms with Crippen molar-refractivity contribution < 1.29 is 14.7 Å². The molecule has 1 heterocycles. The molecule has 0 aliphatic heterocycles. The Morgan fingerprint density at radius 1 is 1.25 bits per heavy atom. The first-order valence-corrected chi connectivity index (χ1v) is 7.23. The molecule has 1 aromatic carbocycles. The van der Waals surface area contributed by atoms with Crippen molar-refractivity contribution in [1.29, 1.82) is 0 Å². The average molecular weight is 352 g/mol. The van der Waals surface area contributed by atoms with Crippen LogP contribution in [0.4, 0.5) is 5.69 Å². The van der Waals surface area contributed by atoms with E-state index in [1.807, 2.05) is 6.07 Å². The van der Waals surface area contributed by atoms with Crippen molar-refractivity contribution in [2.45, 2.75) is 0 Å². The number of hydrogen-bond donors (Lipinski definition) is 2. The normalized spacial score (nSPS) is 10.7. The molecule has 0 saturated heterocycles. The molecule has 2 N–H and O–H groups in total. The van der Waals surface area contributed by atoms with E-state index < -0.39 is 5.97 Å². The summed E-state index contributed by atoms with van der Waals surface area (Å²) in [6.07, 6.45) is 2.52. The third kappa shape index (κ3) is 4.04. The van der Waals surface area contributed by atoms with Crippen molar-refractivity contribution in [3.63, 3.8) is 0 Å². The number of aliphatic carboxylic acids is 1. The monoisotopic (exact) mass is 351 g/mol. The maximum absolute atomic E-state index is 12.0. The maximum Gasteiger partial charge on any atom is 0.328 e. The van der Waals surface area contributed by atoms with Crippen LogP contribution in [0.2, 0.25) is 0 Å². The summed E-state index contributed by atoms with van der Waals surface area (Å²) in [6, 6.07) is 10.5. The van der Waals surface area contributed by atoms with Crippen LogP contribution in [0.15, 0.2) is 46.3 Å². The molecule has 0 fully saturated rings. The minimum absolute atomic E-state index is 0.194. The molecule has 102 valence electrons. The molecule has 0 unspecified atom stereocenters. The highest BCUT2D eigenvalue weighted by molar-refractivity contribution is 9.11. The van der Waals surface area contributed by atoms with Gasteiger partial charge in [0, 0.05) is 11.8 Å². The zero-order valence-electron chi connectivity index (χ0n) is 10.2. The molecular formula is C14H10BrNO3S. The van der Waals surface area contributed by atoms with Crippen molar-refractivity contribution in [2.75, 3.05) is 5.32 Å². The lowest BCUT2D eigenvalue weighted by molar-refractivity contribution is -0.131. The number of rotatable bonds is 4. The summed E-state index contributed by atoms with van der Waals surface area (Å²) in [5.74, 6) is -1.21. The zero-order chi connectivity index (χ0) is 14.5. The second-order valence-electron chi connectivity index (χ2n) is 3.85. The van der Waals surface area contributed by atoms with Crippen LogP contribution in [0.3, 0.4) is 0 Å². The Hall–Kier alpha value is -1.92. The predicted octanol–water partition coefficient (Wildman–Crippen LogP) is 3.86. The molecule has 6 heteroatoms. The first kappa shape index (κ1) is 14.5. The highest BCUT2D eigenvalue weighted by Crippen LogP contribution is 2.23. The first-order chi connectivity index (χ1) is 9.54. The van der Waals surface area contributed by atoms with Crippen molar-refractivity contribution in [2.24, 2.45) is 0 Å². The van der Waals surface area contributed by atoms with Gasteiger partial charge in [-0.25, -0.2) is 4.79 Å². The highest BCUT2D eigenvalue weighted by atomic mass is 79.9. The number of carbonyl (C=O) groups is 2. The van der Waals surface area contributed by atoms with E-state index in [4.69, 9.17) is 5.11 Å². The molecule has 0 aliphatic carbocycles. The fraction of sp³-hybridized carbons (Fsp3) is 0. The van der Waals surface area contributed by atoms with E-state index in [1.54, 1.807) is 30.3 Å². The molecule has 0 bridgehead atoms. The molecule has 1 amide bonds. The van der Waals surface area contributed by atoms with Crippen LogP contribution in [0.5, 0.6) is 0 Å². The molecule has 0 spiro atoms. The van der Waals surface area contributed by atoms with E-state index >= 15 is 0 Å². The minimum atomic E-state index is -1.01. The van der Waals surface area contributed by atoms with Gasteiger partial charge in [0.25, 0.3) is 5.91 Å². The molecule has 1 aromatic heterocycles. The number of thiophene rings is 1. The number of benzene rings is 1. The van der Waals surface area contributed by atoms with Crippen LogP contribution in [-0.2, 0) is 4.79 Å². The van der Waals surface area contributed by atoms with Crippen LogP contribution in [0.1, 0.15) is 15.2 Å². The van der Waals surface area contributed by atoms with Crippen LogP contribution in [0, 0.1) is 0 Å². The van der Waals surface area contributed by atoms with E-state index in [2.05, 4.69) is 21.2 Å². The van der Waals surface area contributed by atoms with E-state index in [-0.39, 0.29) is 5.91 Å². The summed E-state index contributed by atoms with van der Waals surface area (Å²) in [5.41, 5.74) is 1.32. The number of nitrogens with one attached hydrogen (secondary N) is 1. The lowest BCUT2D eigenvalue weighted by Crippen LogP contribution is -2.09. The number of hydrogen-bond acceptors (Lipinski definition) is 3. The molecule has 0 aliphatic rings. The summed E-state index contributed by atoms with van der Waals surface area (Å²) in [7, 11) is 0. The summed E-state index contributed by atoms with van der Waals surface area (Å²) < 4.78 is 0.890. The standard InChI is InChI=1S/C14H10BrNO3S/c15-12-6-5-11(20-12)14(19)16-10-3-1-2-9(8-10)4-7-13(17)18/h1-8H,(H,16,19)(H,17,18)/b7-4+. The molecule has 2 rings (SSSR count). The van der Waals surface area contributed by atoms with Crippen LogP contribution >= 0.6 is 27.3 Å². The van der Waals surface area contributed by atoms with Gasteiger partial charge >= 0.3 is 5.97 Å². The van der Waals surface area contributed by atoms with Gasteiger partial charge in [0.05, 0.1) is 8.66 Å². The topological polar surface area (TPSA) is 66.4 Å². The van der Waals surface area contributed by atoms with E-state index in [1.165, 1.54) is 17.4 Å². The molecule has 0 saturated carbocycles. The molecular weight excluding hydrogens is 342 g/mol. The van der Waals surface area contributed by atoms with Gasteiger partial charge in [0.15, 0.2) is 0 Å². The summed E-state index contributed by atoms with van der Waals surface area (Å²) in [4.78, 5) is 23.0. The highest BCUT2D eigenvalue weighted by Gasteiger charge is 2.08. The Balaban J connectivity index is 2.11. The lowest BCUT2D eigenvalue weighted by atomic mass is 10.2. The molecule has 0 radical (unpaired) electrons. The number of carbonyl (C=O) groups excluding carboxylic acids is 1. The number of anilines is 1.